The maximum atomic E-state index is 13.3. The molecule has 2 rings (SSSR count). The Hall–Kier alpha value is -1.91. The number of carbonyl (C=O) groups is 2. The van der Waals surface area contributed by atoms with Gasteiger partial charge in [-0.2, -0.15) is 0 Å². The highest BCUT2D eigenvalue weighted by molar-refractivity contribution is 5.77. The second-order valence-corrected chi connectivity index (χ2v) is 5.47. The van der Waals surface area contributed by atoms with Gasteiger partial charge >= 0.3 is 0 Å². The molecule has 5 heteroatoms. The van der Waals surface area contributed by atoms with Gasteiger partial charge in [-0.05, 0) is 37.0 Å². The maximum absolute atomic E-state index is 13.3. The Morgan fingerprint density at radius 2 is 2.24 bits per heavy atom. The lowest BCUT2D eigenvalue weighted by atomic mass is 10.0. The van der Waals surface area contributed by atoms with Crippen LogP contribution in [0, 0.1) is 5.82 Å². The van der Waals surface area contributed by atoms with Crippen LogP contribution >= 0.6 is 0 Å². The van der Waals surface area contributed by atoms with Gasteiger partial charge in [-0.3, -0.25) is 9.59 Å². The van der Waals surface area contributed by atoms with E-state index in [-0.39, 0.29) is 23.7 Å². The van der Waals surface area contributed by atoms with E-state index in [4.69, 9.17) is 0 Å². The summed E-state index contributed by atoms with van der Waals surface area (Å²) in [6.07, 6.45) is 3.00. The Kier molecular flexibility index (Phi) is 5.31. The van der Waals surface area contributed by atoms with Gasteiger partial charge < -0.3 is 10.2 Å². The van der Waals surface area contributed by atoms with Crippen molar-refractivity contribution < 1.29 is 14.0 Å². The van der Waals surface area contributed by atoms with E-state index >= 15 is 0 Å². The minimum absolute atomic E-state index is 0.119. The van der Waals surface area contributed by atoms with Crippen LogP contribution in [0.5, 0.6) is 0 Å². The third-order valence-electron chi connectivity index (χ3n) is 3.75. The Balaban J connectivity index is 2.10. The number of nitrogens with zero attached hydrogens (tertiary/aromatic N) is 1. The van der Waals surface area contributed by atoms with E-state index in [0.29, 0.717) is 25.9 Å². The number of likely N-dealkylation sites (tertiary alicyclic amines) is 1. The monoisotopic (exact) mass is 292 g/mol. The fourth-order valence-corrected chi connectivity index (χ4v) is 2.70. The summed E-state index contributed by atoms with van der Waals surface area (Å²) in [6, 6.07) is 6.27. The van der Waals surface area contributed by atoms with Crippen molar-refractivity contribution in [3.8, 4) is 0 Å². The highest BCUT2D eigenvalue weighted by Crippen LogP contribution is 2.17. The summed E-state index contributed by atoms with van der Waals surface area (Å²) in [5.74, 6) is -0.285. The average Bonchev–Trinajstić information content (AvgIpc) is 2.44. The quantitative estimate of drug-likeness (QED) is 0.901. The molecule has 0 radical (unpaired) electrons. The maximum Gasteiger partial charge on any atom is 0.222 e. The Labute approximate surface area is 124 Å². The lowest BCUT2D eigenvalue weighted by Crippen LogP contribution is -2.49. The summed E-state index contributed by atoms with van der Waals surface area (Å²) >= 11 is 0. The predicted molar refractivity (Wildman–Crippen MR) is 78.1 cm³/mol. The minimum Gasteiger partial charge on any atom is -0.354 e. The SMILES string of the molecule is CC(=O)NC[C@@H](Cc1cccc(F)c1)N1CCCCC1=O. The van der Waals surface area contributed by atoms with Crippen LogP contribution in [-0.4, -0.2) is 35.8 Å². The van der Waals surface area contributed by atoms with Crippen molar-refractivity contribution in [2.24, 2.45) is 0 Å². The van der Waals surface area contributed by atoms with Crippen molar-refractivity contribution in [2.75, 3.05) is 13.1 Å². The van der Waals surface area contributed by atoms with E-state index < -0.39 is 0 Å². The molecular weight excluding hydrogens is 271 g/mol. The Morgan fingerprint density at radius 1 is 1.43 bits per heavy atom. The molecule has 1 aromatic carbocycles. The summed E-state index contributed by atoms with van der Waals surface area (Å²) < 4.78 is 13.3. The molecule has 0 spiro atoms. The molecule has 1 saturated heterocycles. The van der Waals surface area contributed by atoms with Crippen molar-refractivity contribution >= 4 is 11.8 Å². The molecule has 1 aromatic rings. The molecule has 0 unspecified atom stereocenters. The van der Waals surface area contributed by atoms with Crippen LogP contribution in [0.3, 0.4) is 0 Å². The summed E-state index contributed by atoms with van der Waals surface area (Å²) in [7, 11) is 0. The third-order valence-corrected chi connectivity index (χ3v) is 3.75. The molecule has 1 aliphatic rings. The van der Waals surface area contributed by atoms with E-state index in [1.54, 1.807) is 6.07 Å². The van der Waals surface area contributed by atoms with Crippen LogP contribution in [0.2, 0.25) is 0 Å². The summed E-state index contributed by atoms with van der Waals surface area (Å²) in [6.45, 7) is 2.56. The number of nitrogens with one attached hydrogen (secondary N) is 1. The topological polar surface area (TPSA) is 49.4 Å². The number of halogens is 1. The van der Waals surface area contributed by atoms with Crippen molar-refractivity contribution in [2.45, 2.75) is 38.6 Å². The Morgan fingerprint density at radius 3 is 2.90 bits per heavy atom. The third kappa shape index (κ3) is 4.55. The molecule has 0 aliphatic carbocycles. The van der Waals surface area contributed by atoms with Gasteiger partial charge in [-0.15, -0.1) is 0 Å². The average molecular weight is 292 g/mol. The van der Waals surface area contributed by atoms with E-state index in [1.165, 1.54) is 19.1 Å². The molecule has 21 heavy (non-hydrogen) atoms. The van der Waals surface area contributed by atoms with Gasteiger partial charge in [0.1, 0.15) is 5.82 Å². The lowest BCUT2D eigenvalue weighted by Gasteiger charge is -2.35. The number of piperidine rings is 1. The summed E-state index contributed by atoms with van der Waals surface area (Å²) in [4.78, 5) is 25.0. The van der Waals surface area contributed by atoms with E-state index in [2.05, 4.69) is 5.32 Å². The molecule has 1 aliphatic heterocycles. The molecule has 1 heterocycles. The van der Waals surface area contributed by atoms with Crippen molar-refractivity contribution in [1.82, 2.24) is 10.2 Å². The van der Waals surface area contributed by atoms with Crippen LogP contribution < -0.4 is 5.32 Å². The van der Waals surface area contributed by atoms with Gasteiger partial charge in [-0.25, -0.2) is 4.39 Å². The zero-order chi connectivity index (χ0) is 15.2. The number of hydrogen-bond acceptors (Lipinski definition) is 2. The largest absolute Gasteiger partial charge is 0.354 e. The van der Waals surface area contributed by atoms with Gasteiger partial charge in [0, 0.05) is 26.4 Å². The van der Waals surface area contributed by atoms with Crippen LogP contribution in [0.15, 0.2) is 24.3 Å². The number of rotatable bonds is 5. The lowest BCUT2D eigenvalue weighted by molar-refractivity contribution is -0.136. The molecule has 2 amide bonds. The zero-order valence-corrected chi connectivity index (χ0v) is 12.3. The molecule has 1 N–H and O–H groups in total. The predicted octanol–water partition coefficient (Wildman–Crippen LogP) is 1.89. The molecule has 114 valence electrons. The first-order chi connectivity index (χ1) is 10.1. The van der Waals surface area contributed by atoms with Crippen molar-refractivity contribution in [1.29, 1.82) is 0 Å². The number of hydrogen-bond donors (Lipinski definition) is 1. The first-order valence-electron chi connectivity index (χ1n) is 7.34. The van der Waals surface area contributed by atoms with Crippen LogP contribution in [0.25, 0.3) is 0 Å². The first kappa shape index (κ1) is 15.5. The molecule has 4 nitrogen and oxygen atoms in total. The number of benzene rings is 1. The van der Waals surface area contributed by atoms with E-state index in [1.807, 2.05) is 11.0 Å². The van der Waals surface area contributed by atoms with Gasteiger partial charge in [0.05, 0.1) is 6.04 Å². The van der Waals surface area contributed by atoms with Crippen LogP contribution in [-0.2, 0) is 16.0 Å². The van der Waals surface area contributed by atoms with Crippen molar-refractivity contribution in [3.63, 3.8) is 0 Å². The number of carbonyl (C=O) groups excluding carboxylic acids is 2. The fraction of sp³-hybridized carbons (Fsp3) is 0.500. The first-order valence-corrected chi connectivity index (χ1v) is 7.34. The second kappa shape index (κ2) is 7.20. The summed E-state index contributed by atoms with van der Waals surface area (Å²) in [5.41, 5.74) is 0.837. The van der Waals surface area contributed by atoms with Crippen LogP contribution in [0.1, 0.15) is 31.7 Å². The fourth-order valence-electron chi connectivity index (χ4n) is 2.70. The molecular formula is C16H21FN2O2. The number of amides is 2. The minimum atomic E-state index is -0.282. The highest BCUT2D eigenvalue weighted by Gasteiger charge is 2.26. The molecule has 0 saturated carbocycles. The van der Waals surface area contributed by atoms with Gasteiger partial charge in [0.15, 0.2) is 0 Å². The normalized spacial score (nSPS) is 16.7. The van der Waals surface area contributed by atoms with Gasteiger partial charge in [-0.1, -0.05) is 12.1 Å². The molecule has 1 fully saturated rings. The Bertz CT molecular complexity index is 519. The molecule has 0 bridgehead atoms. The van der Waals surface area contributed by atoms with E-state index in [0.717, 1.165) is 18.4 Å². The second-order valence-electron chi connectivity index (χ2n) is 5.47. The van der Waals surface area contributed by atoms with Crippen molar-refractivity contribution in [3.05, 3.63) is 35.6 Å². The standard InChI is InChI=1S/C16H21FN2O2/c1-12(20)18-11-15(19-8-3-2-7-16(19)21)10-13-5-4-6-14(17)9-13/h4-6,9,15H,2-3,7-8,10-11H2,1H3,(H,18,20)/t15-/m1/s1. The molecule has 1 atom stereocenters. The van der Waals surface area contributed by atoms with E-state index in [9.17, 15) is 14.0 Å². The molecule has 0 aromatic heterocycles. The smallest absolute Gasteiger partial charge is 0.222 e. The zero-order valence-electron chi connectivity index (χ0n) is 12.3. The van der Waals surface area contributed by atoms with Crippen LogP contribution in [0.4, 0.5) is 4.39 Å². The highest BCUT2D eigenvalue weighted by atomic mass is 19.1. The summed E-state index contributed by atoms with van der Waals surface area (Å²) in [5, 5.41) is 2.77. The van der Waals surface area contributed by atoms with Gasteiger partial charge in [0.25, 0.3) is 0 Å². The van der Waals surface area contributed by atoms with Gasteiger partial charge in [0.2, 0.25) is 11.8 Å².